The maximum absolute atomic E-state index is 11.4. The smallest absolute Gasteiger partial charge is 0.326 e. The van der Waals surface area contributed by atoms with E-state index < -0.39 is 30.2 Å². The zero-order chi connectivity index (χ0) is 13.5. The van der Waals surface area contributed by atoms with Crippen LogP contribution >= 0.6 is 0 Å². The summed E-state index contributed by atoms with van der Waals surface area (Å²) in [7, 11) is 0. The predicted molar refractivity (Wildman–Crippen MR) is 58.0 cm³/mol. The van der Waals surface area contributed by atoms with Crippen LogP contribution in [0.25, 0.3) is 0 Å². The third kappa shape index (κ3) is 4.60. The Balaban J connectivity index is 2.41. The van der Waals surface area contributed by atoms with Crippen LogP contribution in [0.2, 0.25) is 0 Å². The summed E-state index contributed by atoms with van der Waals surface area (Å²) in [5, 5.41) is 18.2. The van der Waals surface area contributed by atoms with Crippen LogP contribution in [-0.4, -0.2) is 43.9 Å². The number of carboxylic acid groups (broad SMARTS) is 1. The highest BCUT2D eigenvalue weighted by Gasteiger charge is 2.21. The summed E-state index contributed by atoms with van der Waals surface area (Å²) < 4.78 is 1.43. The van der Waals surface area contributed by atoms with Crippen molar-refractivity contribution in [3.63, 3.8) is 0 Å². The molecular formula is C9H13N5O4. The minimum absolute atomic E-state index is 0.0336. The first-order valence-corrected chi connectivity index (χ1v) is 5.13. The molecule has 0 fully saturated rings. The van der Waals surface area contributed by atoms with E-state index in [4.69, 9.17) is 10.8 Å². The van der Waals surface area contributed by atoms with E-state index in [1.807, 2.05) is 0 Å². The lowest BCUT2D eigenvalue weighted by molar-refractivity contribution is -0.143. The van der Waals surface area contributed by atoms with Gasteiger partial charge in [-0.25, -0.2) is 4.79 Å². The van der Waals surface area contributed by atoms with Crippen LogP contribution in [0.15, 0.2) is 12.4 Å². The summed E-state index contributed by atoms with van der Waals surface area (Å²) >= 11 is 0. The van der Waals surface area contributed by atoms with Crippen LogP contribution in [0.3, 0.4) is 0 Å². The van der Waals surface area contributed by atoms with Gasteiger partial charge in [-0.1, -0.05) is 5.21 Å². The van der Waals surface area contributed by atoms with Crippen molar-refractivity contribution in [3.8, 4) is 0 Å². The number of nitrogens with two attached hydrogens (primary N) is 1. The van der Waals surface area contributed by atoms with Crippen LogP contribution in [0.1, 0.15) is 12.8 Å². The number of aliphatic carboxylic acids is 1. The van der Waals surface area contributed by atoms with Crippen molar-refractivity contribution in [3.05, 3.63) is 12.4 Å². The van der Waals surface area contributed by atoms with E-state index in [-0.39, 0.29) is 13.0 Å². The average molecular weight is 255 g/mol. The summed E-state index contributed by atoms with van der Waals surface area (Å²) in [5.74, 6) is -2.60. The van der Waals surface area contributed by atoms with Gasteiger partial charge >= 0.3 is 5.97 Å². The number of nitrogens with one attached hydrogen (secondary N) is 1. The number of carbonyl (C=O) groups excluding carboxylic acids is 2. The third-order valence-corrected chi connectivity index (χ3v) is 2.08. The van der Waals surface area contributed by atoms with Gasteiger partial charge in [0, 0.05) is 12.6 Å². The third-order valence-electron chi connectivity index (χ3n) is 2.08. The number of carboxylic acids is 1. The highest BCUT2D eigenvalue weighted by Crippen LogP contribution is 1.94. The van der Waals surface area contributed by atoms with E-state index in [9.17, 15) is 14.4 Å². The maximum Gasteiger partial charge on any atom is 0.326 e. The summed E-state index contributed by atoms with van der Waals surface area (Å²) in [5.41, 5.74) is 4.88. The molecule has 1 aromatic rings. The fourth-order valence-electron chi connectivity index (χ4n) is 1.24. The molecule has 0 unspecified atom stereocenters. The zero-order valence-corrected chi connectivity index (χ0v) is 9.44. The van der Waals surface area contributed by atoms with Crippen LogP contribution in [-0.2, 0) is 20.9 Å². The van der Waals surface area contributed by atoms with E-state index in [1.165, 1.54) is 10.9 Å². The Morgan fingerprint density at radius 2 is 2.17 bits per heavy atom. The Hall–Kier alpha value is -2.45. The first-order valence-electron chi connectivity index (χ1n) is 5.13. The van der Waals surface area contributed by atoms with Gasteiger partial charge in [0.2, 0.25) is 11.8 Å². The molecule has 2 amide bonds. The van der Waals surface area contributed by atoms with Crippen molar-refractivity contribution in [2.45, 2.75) is 25.4 Å². The van der Waals surface area contributed by atoms with Gasteiger partial charge < -0.3 is 16.2 Å². The average Bonchev–Trinajstić information content (AvgIpc) is 2.77. The van der Waals surface area contributed by atoms with Crippen molar-refractivity contribution in [2.24, 2.45) is 5.73 Å². The van der Waals surface area contributed by atoms with E-state index in [0.29, 0.717) is 0 Å². The summed E-state index contributed by atoms with van der Waals surface area (Å²) in [6, 6.07) is -1.30. The molecule has 0 bridgehead atoms. The number of hydrogen-bond acceptors (Lipinski definition) is 5. The Morgan fingerprint density at radius 1 is 1.44 bits per heavy atom. The second-order valence-corrected chi connectivity index (χ2v) is 3.54. The number of nitrogens with zero attached hydrogens (tertiary/aromatic N) is 3. The van der Waals surface area contributed by atoms with Gasteiger partial charge in [0.1, 0.15) is 6.04 Å². The van der Waals surface area contributed by atoms with Gasteiger partial charge in [-0.15, -0.1) is 5.10 Å². The van der Waals surface area contributed by atoms with Crippen LogP contribution in [0.5, 0.6) is 0 Å². The summed E-state index contributed by atoms with van der Waals surface area (Å²) in [6.07, 6.45) is 2.63. The van der Waals surface area contributed by atoms with Crippen LogP contribution < -0.4 is 11.1 Å². The topological polar surface area (TPSA) is 140 Å². The molecule has 0 aliphatic heterocycles. The molecule has 1 aromatic heterocycles. The number of rotatable bonds is 7. The highest BCUT2D eigenvalue weighted by molar-refractivity contribution is 5.88. The standard InChI is InChI=1S/C9H13N5O4/c10-7(15)5-6(9(17)18)12-8(16)1-3-14-4-2-11-13-14/h2,4,6H,1,3,5H2,(H2,10,15)(H,12,16)(H,17,18)/t6-/m0/s1. The van der Waals surface area contributed by atoms with Crippen LogP contribution in [0, 0.1) is 0 Å². The highest BCUT2D eigenvalue weighted by atomic mass is 16.4. The number of primary amides is 1. The van der Waals surface area contributed by atoms with Crippen LogP contribution in [0.4, 0.5) is 0 Å². The van der Waals surface area contributed by atoms with E-state index in [1.54, 1.807) is 6.20 Å². The zero-order valence-electron chi connectivity index (χ0n) is 9.44. The van der Waals surface area contributed by atoms with E-state index in [0.717, 1.165) is 0 Å². The van der Waals surface area contributed by atoms with Crippen molar-refractivity contribution in [1.82, 2.24) is 20.3 Å². The van der Waals surface area contributed by atoms with E-state index in [2.05, 4.69) is 15.6 Å². The van der Waals surface area contributed by atoms with Crippen molar-refractivity contribution >= 4 is 17.8 Å². The molecule has 1 heterocycles. The normalized spacial score (nSPS) is 11.8. The summed E-state index contributed by atoms with van der Waals surface area (Å²) in [6.45, 7) is 0.273. The molecule has 0 aromatic carbocycles. The van der Waals surface area contributed by atoms with Gasteiger partial charge in [-0.2, -0.15) is 0 Å². The molecule has 0 saturated carbocycles. The Kier molecular flexibility index (Phi) is 4.78. The monoisotopic (exact) mass is 255 g/mol. The van der Waals surface area contributed by atoms with Crippen molar-refractivity contribution in [2.75, 3.05) is 0 Å². The molecule has 0 aliphatic carbocycles. The Bertz CT molecular complexity index is 430. The number of amides is 2. The minimum atomic E-state index is -1.30. The van der Waals surface area contributed by atoms with Gasteiger partial charge in [0.15, 0.2) is 0 Å². The van der Waals surface area contributed by atoms with E-state index >= 15 is 0 Å². The SMILES string of the molecule is NC(=O)C[C@H](NC(=O)CCn1ccnn1)C(=O)O. The largest absolute Gasteiger partial charge is 0.480 e. The maximum atomic E-state index is 11.4. The lowest BCUT2D eigenvalue weighted by atomic mass is 10.2. The number of carbonyl (C=O) groups is 3. The van der Waals surface area contributed by atoms with Gasteiger partial charge in [-0.05, 0) is 0 Å². The molecule has 1 atom stereocenters. The van der Waals surface area contributed by atoms with Crippen molar-refractivity contribution < 1.29 is 19.5 Å². The molecule has 9 heteroatoms. The molecule has 0 radical (unpaired) electrons. The van der Waals surface area contributed by atoms with Gasteiger partial charge in [0.05, 0.1) is 19.2 Å². The lowest BCUT2D eigenvalue weighted by Crippen LogP contribution is -2.43. The Labute approximate surface area is 102 Å². The number of aryl methyl sites for hydroxylation is 1. The number of hydrogen-bond donors (Lipinski definition) is 3. The predicted octanol–water partition coefficient (Wildman–Crippen LogP) is -1.89. The van der Waals surface area contributed by atoms with Crippen molar-refractivity contribution in [1.29, 1.82) is 0 Å². The first kappa shape index (κ1) is 13.6. The minimum Gasteiger partial charge on any atom is -0.480 e. The molecule has 0 saturated heterocycles. The second-order valence-electron chi connectivity index (χ2n) is 3.54. The lowest BCUT2D eigenvalue weighted by Gasteiger charge is -2.12. The molecule has 1 rings (SSSR count). The first-order chi connectivity index (χ1) is 8.49. The Morgan fingerprint density at radius 3 is 2.67 bits per heavy atom. The summed E-state index contributed by atoms with van der Waals surface area (Å²) in [4.78, 5) is 32.8. The molecular weight excluding hydrogens is 242 g/mol. The molecule has 98 valence electrons. The fourth-order valence-corrected chi connectivity index (χ4v) is 1.24. The second kappa shape index (κ2) is 6.33. The molecule has 0 aliphatic rings. The molecule has 9 nitrogen and oxygen atoms in total. The quantitative estimate of drug-likeness (QED) is 0.520. The molecule has 4 N–H and O–H groups in total. The number of aromatic nitrogens is 3. The van der Waals surface area contributed by atoms with Gasteiger partial charge in [0.25, 0.3) is 0 Å². The van der Waals surface area contributed by atoms with Gasteiger partial charge in [-0.3, -0.25) is 14.3 Å². The fraction of sp³-hybridized carbons (Fsp3) is 0.444. The molecule has 18 heavy (non-hydrogen) atoms. The molecule has 0 spiro atoms.